The molecule has 4 aromatic rings. The molecule has 34 heavy (non-hydrogen) atoms. The van der Waals surface area contributed by atoms with Crippen LogP contribution in [0.4, 0.5) is 11.5 Å². The molecule has 0 saturated carbocycles. The lowest BCUT2D eigenvalue weighted by atomic mass is 9.94. The number of aromatic nitrogens is 4. The zero-order valence-corrected chi connectivity index (χ0v) is 19.8. The van der Waals surface area contributed by atoms with Gasteiger partial charge in [-0.25, -0.2) is 9.50 Å². The standard InChI is InChI=1S/C25H28ClN7O/c1-17-13-32(10-8-22(17)27)14-18-7-11-33-24(18)25(29-16-30-33)31-19-5-6-23(21(26)12-19)34-15-20-4-2-3-9-28-20/h2-7,9,11-12,16-17,22H,8,10,13-15,27H2,1H3,(H,29,30,31). The Morgan fingerprint density at radius 2 is 2.12 bits per heavy atom. The predicted octanol–water partition coefficient (Wildman–Crippen LogP) is 4.27. The van der Waals surface area contributed by atoms with Gasteiger partial charge in [-0.3, -0.25) is 9.88 Å². The highest BCUT2D eigenvalue weighted by molar-refractivity contribution is 6.32. The Labute approximate surface area is 203 Å². The number of hydrogen-bond donors (Lipinski definition) is 2. The summed E-state index contributed by atoms with van der Waals surface area (Å²) in [4.78, 5) is 11.2. The second-order valence-electron chi connectivity index (χ2n) is 8.79. The molecule has 5 rings (SSSR count). The third-order valence-corrected chi connectivity index (χ3v) is 6.58. The van der Waals surface area contributed by atoms with E-state index < -0.39 is 0 Å². The maximum Gasteiger partial charge on any atom is 0.158 e. The number of benzene rings is 1. The molecule has 1 fully saturated rings. The molecule has 0 aliphatic carbocycles. The number of fused-ring (bicyclic) bond motifs is 1. The molecule has 0 amide bonds. The molecular weight excluding hydrogens is 450 g/mol. The van der Waals surface area contributed by atoms with Crippen LogP contribution in [0.3, 0.4) is 0 Å². The number of likely N-dealkylation sites (tertiary alicyclic amines) is 1. The van der Waals surface area contributed by atoms with Crippen molar-refractivity contribution in [3.05, 3.63) is 77.5 Å². The van der Waals surface area contributed by atoms with Gasteiger partial charge in [-0.15, -0.1) is 0 Å². The number of nitrogens with two attached hydrogens (primary N) is 1. The Hall–Kier alpha value is -3.20. The SMILES string of the molecule is CC1CN(Cc2ccn3ncnc(Nc4ccc(OCc5ccccn5)c(Cl)c4)c23)CCC1N. The molecule has 3 aromatic heterocycles. The summed E-state index contributed by atoms with van der Waals surface area (Å²) in [7, 11) is 0. The van der Waals surface area contributed by atoms with Crippen LogP contribution in [0.15, 0.2) is 61.2 Å². The largest absolute Gasteiger partial charge is 0.486 e. The van der Waals surface area contributed by atoms with Gasteiger partial charge in [0.2, 0.25) is 0 Å². The first-order valence-electron chi connectivity index (χ1n) is 11.5. The van der Waals surface area contributed by atoms with Crippen molar-refractivity contribution in [3.63, 3.8) is 0 Å². The third-order valence-electron chi connectivity index (χ3n) is 6.28. The van der Waals surface area contributed by atoms with Gasteiger partial charge in [0.25, 0.3) is 0 Å². The number of ether oxygens (including phenoxy) is 1. The minimum Gasteiger partial charge on any atom is -0.486 e. The number of anilines is 2. The zero-order chi connectivity index (χ0) is 23.5. The molecule has 0 spiro atoms. The van der Waals surface area contributed by atoms with Gasteiger partial charge in [0.15, 0.2) is 5.82 Å². The molecule has 1 aliphatic heterocycles. The molecule has 2 atom stereocenters. The highest BCUT2D eigenvalue weighted by Crippen LogP contribution is 2.31. The van der Waals surface area contributed by atoms with Crippen LogP contribution in [-0.2, 0) is 13.2 Å². The van der Waals surface area contributed by atoms with Crippen LogP contribution in [0.1, 0.15) is 24.6 Å². The van der Waals surface area contributed by atoms with Gasteiger partial charge < -0.3 is 15.8 Å². The Morgan fingerprint density at radius 3 is 2.91 bits per heavy atom. The van der Waals surface area contributed by atoms with E-state index in [9.17, 15) is 0 Å². The van der Waals surface area contributed by atoms with Gasteiger partial charge in [-0.05, 0) is 60.8 Å². The number of pyridine rings is 1. The van der Waals surface area contributed by atoms with Gasteiger partial charge in [-0.2, -0.15) is 5.10 Å². The normalized spacial score (nSPS) is 18.8. The molecule has 9 heteroatoms. The summed E-state index contributed by atoms with van der Waals surface area (Å²) in [6.45, 7) is 5.39. The van der Waals surface area contributed by atoms with Crippen LogP contribution in [0.2, 0.25) is 5.02 Å². The second-order valence-corrected chi connectivity index (χ2v) is 9.19. The van der Waals surface area contributed by atoms with E-state index in [-0.39, 0.29) is 6.04 Å². The number of halogens is 1. The number of rotatable bonds is 7. The molecule has 8 nitrogen and oxygen atoms in total. The minimum absolute atomic E-state index is 0.281. The first kappa shape index (κ1) is 22.6. The van der Waals surface area contributed by atoms with Gasteiger partial charge in [0.05, 0.1) is 10.7 Å². The Morgan fingerprint density at radius 1 is 1.21 bits per heavy atom. The fourth-order valence-corrected chi connectivity index (χ4v) is 4.57. The summed E-state index contributed by atoms with van der Waals surface area (Å²) in [6.07, 6.45) is 6.28. The van der Waals surface area contributed by atoms with Crippen LogP contribution in [0.25, 0.3) is 5.52 Å². The highest BCUT2D eigenvalue weighted by atomic mass is 35.5. The maximum atomic E-state index is 6.50. The molecule has 0 bridgehead atoms. The first-order valence-corrected chi connectivity index (χ1v) is 11.8. The van der Waals surface area contributed by atoms with E-state index >= 15 is 0 Å². The monoisotopic (exact) mass is 477 g/mol. The average molecular weight is 478 g/mol. The smallest absolute Gasteiger partial charge is 0.158 e. The third kappa shape index (κ3) is 4.99. The molecule has 176 valence electrons. The molecule has 4 heterocycles. The average Bonchev–Trinajstić information content (AvgIpc) is 3.25. The van der Waals surface area contributed by atoms with Crippen molar-refractivity contribution in [2.75, 3.05) is 18.4 Å². The minimum atomic E-state index is 0.281. The van der Waals surface area contributed by atoms with Crippen molar-refractivity contribution in [1.29, 1.82) is 0 Å². The van der Waals surface area contributed by atoms with Gasteiger partial charge in [0.1, 0.15) is 24.2 Å². The summed E-state index contributed by atoms with van der Waals surface area (Å²) < 4.78 is 7.70. The van der Waals surface area contributed by atoms with Crippen LogP contribution in [-0.4, -0.2) is 43.6 Å². The van der Waals surface area contributed by atoms with Crippen molar-refractivity contribution in [2.24, 2.45) is 11.7 Å². The summed E-state index contributed by atoms with van der Waals surface area (Å²) in [5.74, 6) is 1.82. The zero-order valence-electron chi connectivity index (χ0n) is 19.1. The lowest BCUT2D eigenvalue weighted by molar-refractivity contribution is 0.158. The highest BCUT2D eigenvalue weighted by Gasteiger charge is 2.24. The second kappa shape index (κ2) is 9.97. The van der Waals surface area contributed by atoms with Crippen molar-refractivity contribution >= 4 is 28.6 Å². The number of piperidine rings is 1. The molecule has 1 saturated heterocycles. The van der Waals surface area contributed by atoms with Crippen LogP contribution in [0.5, 0.6) is 5.75 Å². The quantitative estimate of drug-likeness (QED) is 0.410. The molecule has 0 radical (unpaired) electrons. The van der Waals surface area contributed by atoms with E-state index in [0.717, 1.165) is 48.8 Å². The number of nitrogens with zero attached hydrogens (tertiary/aromatic N) is 5. The van der Waals surface area contributed by atoms with Crippen LogP contribution >= 0.6 is 11.6 Å². The number of nitrogens with one attached hydrogen (secondary N) is 1. The van der Waals surface area contributed by atoms with Crippen molar-refractivity contribution in [2.45, 2.75) is 32.5 Å². The van der Waals surface area contributed by atoms with E-state index in [1.54, 1.807) is 12.5 Å². The Balaban J connectivity index is 1.32. The number of hydrogen-bond acceptors (Lipinski definition) is 7. The van der Waals surface area contributed by atoms with E-state index in [2.05, 4.69) is 38.3 Å². The molecule has 3 N–H and O–H groups in total. The van der Waals surface area contributed by atoms with Crippen molar-refractivity contribution in [1.82, 2.24) is 24.5 Å². The summed E-state index contributed by atoms with van der Waals surface area (Å²) in [5, 5.41) is 8.30. The predicted molar refractivity (Wildman–Crippen MR) is 133 cm³/mol. The van der Waals surface area contributed by atoms with E-state index in [0.29, 0.717) is 23.3 Å². The molecular formula is C25H28ClN7O. The molecule has 1 aromatic carbocycles. The van der Waals surface area contributed by atoms with E-state index in [1.807, 2.05) is 47.1 Å². The van der Waals surface area contributed by atoms with Crippen LogP contribution in [0, 0.1) is 5.92 Å². The van der Waals surface area contributed by atoms with Gasteiger partial charge in [-0.1, -0.05) is 24.6 Å². The van der Waals surface area contributed by atoms with E-state index in [4.69, 9.17) is 22.1 Å². The lowest BCUT2D eigenvalue weighted by Crippen LogP contribution is -2.45. The summed E-state index contributed by atoms with van der Waals surface area (Å²) in [5.41, 5.74) is 9.99. The topological polar surface area (TPSA) is 93.6 Å². The Kier molecular flexibility index (Phi) is 6.62. The van der Waals surface area contributed by atoms with Gasteiger partial charge in [0, 0.05) is 37.2 Å². The lowest BCUT2D eigenvalue weighted by Gasteiger charge is -2.35. The fraction of sp³-hybridized carbons (Fsp3) is 0.320. The maximum absolute atomic E-state index is 6.50. The van der Waals surface area contributed by atoms with Gasteiger partial charge >= 0.3 is 0 Å². The van der Waals surface area contributed by atoms with Crippen molar-refractivity contribution in [3.8, 4) is 5.75 Å². The Bertz CT molecular complexity index is 1260. The van der Waals surface area contributed by atoms with Crippen molar-refractivity contribution < 1.29 is 4.74 Å². The molecule has 2 unspecified atom stereocenters. The molecule has 1 aliphatic rings. The summed E-state index contributed by atoms with van der Waals surface area (Å²) in [6, 6.07) is 13.7. The van der Waals surface area contributed by atoms with E-state index in [1.165, 1.54) is 5.56 Å². The van der Waals surface area contributed by atoms with Crippen LogP contribution < -0.4 is 15.8 Å². The summed E-state index contributed by atoms with van der Waals surface area (Å²) >= 11 is 6.50. The fourth-order valence-electron chi connectivity index (χ4n) is 4.34. The first-order chi connectivity index (χ1) is 16.6.